The van der Waals surface area contributed by atoms with Crippen molar-refractivity contribution in [3.05, 3.63) is 63.9 Å². The average molecular weight is 399 g/mol. The SMILES string of the molecule is Cc1nc2ccc(NC(=O)NCCc3cccc(Br)c3)cc2nc1C. The zero-order chi connectivity index (χ0) is 17.8. The molecular weight excluding hydrogens is 380 g/mol. The summed E-state index contributed by atoms with van der Waals surface area (Å²) in [6, 6.07) is 13.4. The Hall–Kier alpha value is -2.47. The van der Waals surface area contributed by atoms with Crippen LogP contribution in [0.4, 0.5) is 10.5 Å². The van der Waals surface area contributed by atoms with Crippen molar-refractivity contribution in [1.82, 2.24) is 15.3 Å². The highest BCUT2D eigenvalue weighted by atomic mass is 79.9. The van der Waals surface area contributed by atoms with E-state index in [2.05, 4.69) is 36.5 Å². The number of carbonyl (C=O) groups is 1. The Kier molecular flexibility index (Phi) is 5.28. The summed E-state index contributed by atoms with van der Waals surface area (Å²) in [5, 5.41) is 5.70. The van der Waals surface area contributed by atoms with E-state index in [4.69, 9.17) is 0 Å². The van der Waals surface area contributed by atoms with Gasteiger partial charge in [0.05, 0.1) is 22.4 Å². The number of nitrogens with one attached hydrogen (secondary N) is 2. The molecule has 1 aromatic heterocycles. The number of hydrogen-bond donors (Lipinski definition) is 2. The number of halogens is 1. The molecule has 128 valence electrons. The van der Waals surface area contributed by atoms with Crippen LogP contribution in [-0.2, 0) is 6.42 Å². The third-order valence-electron chi connectivity index (χ3n) is 3.92. The molecule has 0 unspecified atom stereocenters. The third-order valence-corrected chi connectivity index (χ3v) is 4.41. The van der Waals surface area contributed by atoms with Crippen LogP contribution in [0.5, 0.6) is 0 Å². The second-order valence-corrected chi connectivity index (χ2v) is 6.77. The molecule has 2 aromatic carbocycles. The number of nitrogens with zero attached hydrogens (tertiary/aromatic N) is 2. The van der Waals surface area contributed by atoms with Gasteiger partial charge in [0, 0.05) is 16.7 Å². The Balaban J connectivity index is 1.59. The van der Waals surface area contributed by atoms with Gasteiger partial charge in [-0.25, -0.2) is 14.8 Å². The molecule has 1 heterocycles. The lowest BCUT2D eigenvalue weighted by Crippen LogP contribution is -2.30. The molecule has 0 spiro atoms. The quantitative estimate of drug-likeness (QED) is 0.685. The van der Waals surface area contributed by atoms with Crippen LogP contribution in [0.15, 0.2) is 46.9 Å². The summed E-state index contributed by atoms with van der Waals surface area (Å²) < 4.78 is 1.04. The van der Waals surface area contributed by atoms with Crippen molar-refractivity contribution in [2.45, 2.75) is 20.3 Å². The molecule has 3 aromatic rings. The van der Waals surface area contributed by atoms with E-state index in [1.807, 2.05) is 56.3 Å². The molecular formula is C19H19BrN4O. The lowest BCUT2D eigenvalue weighted by Gasteiger charge is -2.09. The van der Waals surface area contributed by atoms with Crippen molar-refractivity contribution >= 4 is 38.7 Å². The summed E-state index contributed by atoms with van der Waals surface area (Å²) in [6.07, 6.45) is 0.772. The Labute approximate surface area is 155 Å². The number of aromatic nitrogens is 2. The number of hydrogen-bond acceptors (Lipinski definition) is 3. The maximum Gasteiger partial charge on any atom is 0.319 e. The first-order valence-corrected chi connectivity index (χ1v) is 8.85. The van der Waals surface area contributed by atoms with Crippen molar-refractivity contribution in [1.29, 1.82) is 0 Å². The van der Waals surface area contributed by atoms with Gasteiger partial charge in [-0.3, -0.25) is 0 Å². The highest BCUT2D eigenvalue weighted by molar-refractivity contribution is 9.10. The standard InChI is InChI=1S/C19H19BrN4O/c1-12-13(2)23-18-11-16(6-7-17(18)22-12)24-19(25)21-9-8-14-4-3-5-15(20)10-14/h3-7,10-11H,8-9H2,1-2H3,(H2,21,24,25). The number of anilines is 1. The van der Waals surface area contributed by atoms with Gasteiger partial charge in [0.25, 0.3) is 0 Å². The summed E-state index contributed by atoms with van der Waals surface area (Å²) in [5.74, 6) is 0. The Morgan fingerprint density at radius 3 is 2.56 bits per heavy atom. The molecule has 5 nitrogen and oxygen atoms in total. The van der Waals surface area contributed by atoms with Crippen LogP contribution in [0.3, 0.4) is 0 Å². The van der Waals surface area contributed by atoms with Gasteiger partial charge in [-0.15, -0.1) is 0 Å². The first kappa shape index (κ1) is 17.4. The van der Waals surface area contributed by atoms with Crippen LogP contribution in [-0.4, -0.2) is 22.5 Å². The van der Waals surface area contributed by atoms with E-state index in [-0.39, 0.29) is 6.03 Å². The van der Waals surface area contributed by atoms with Crippen molar-refractivity contribution in [2.75, 3.05) is 11.9 Å². The molecule has 0 saturated heterocycles. The molecule has 0 fully saturated rings. The smallest absolute Gasteiger partial charge is 0.319 e. The normalized spacial score (nSPS) is 10.7. The minimum Gasteiger partial charge on any atom is -0.338 e. The second-order valence-electron chi connectivity index (χ2n) is 5.86. The zero-order valence-electron chi connectivity index (χ0n) is 14.1. The molecule has 2 N–H and O–H groups in total. The predicted molar refractivity (Wildman–Crippen MR) is 104 cm³/mol. The number of rotatable bonds is 4. The molecule has 3 rings (SSSR count). The number of aryl methyl sites for hydroxylation is 2. The Morgan fingerprint density at radius 1 is 1.04 bits per heavy atom. The lowest BCUT2D eigenvalue weighted by molar-refractivity contribution is 0.252. The summed E-state index contributed by atoms with van der Waals surface area (Å²) in [6.45, 7) is 4.43. The molecule has 0 radical (unpaired) electrons. The molecule has 0 aliphatic carbocycles. The number of fused-ring (bicyclic) bond motifs is 1. The van der Waals surface area contributed by atoms with Crippen molar-refractivity contribution < 1.29 is 4.79 Å². The molecule has 25 heavy (non-hydrogen) atoms. The lowest BCUT2D eigenvalue weighted by atomic mass is 10.1. The van der Waals surface area contributed by atoms with Gasteiger partial charge in [-0.1, -0.05) is 28.1 Å². The van der Waals surface area contributed by atoms with Gasteiger partial charge in [0.2, 0.25) is 0 Å². The van der Waals surface area contributed by atoms with E-state index < -0.39 is 0 Å². The first-order chi connectivity index (χ1) is 12.0. The predicted octanol–water partition coefficient (Wildman–Crippen LogP) is 4.37. The summed E-state index contributed by atoms with van der Waals surface area (Å²) in [5.41, 5.74) is 5.27. The third kappa shape index (κ3) is 4.54. The van der Waals surface area contributed by atoms with Crippen LogP contribution in [0.1, 0.15) is 17.0 Å². The van der Waals surface area contributed by atoms with Gasteiger partial charge in [-0.2, -0.15) is 0 Å². The van der Waals surface area contributed by atoms with E-state index in [0.29, 0.717) is 12.2 Å². The fourth-order valence-corrected chi connectivity index (χ4v) is 2.94. The fourth-order valence-electron chi connectivity index (χ4n) is 2.50. The summed E-state index contributed by atoms with van der Waals surface area (Å²) >= 11 is 3.45. The maximum atomic E-state index is 12.1. The average Bonchev–Trinajstić information content (AvgIpc) is 2.56. The molecule has 0 saturated carbocycles. The molecule has 2 amide bonds. The Bertz CT molecular complexity index is 926. The molecule has 0 aliphatic heterocycles. The summed E-state index contributed by atoms with van der Waals surface area (Å²) in [7, 11) is 0. The van der Waals surface area contributed by atoms with Crippen molar-refractivity contribution in [2.24, 2.45) is 0 Å². The molecule has 0 aliphatic rings. The van der Waals surface area contributed by atoms with Crippen LogP contribution < -0.4 is 10.6 Å². The van der Waals surface area contributed by atoms with Gasteiger partial charge in [-0.05, 0) is 56.2 Å². The minimum absolute atomic E-state index is 0.230. The van der Waals surface area contributed by atoms with E-state index in [9.17, 15) is 4.79 Å². The van der Waals surface area contributed by atoms with Crippen molar-refractivity contribution in [3.63, 3.8) is 0 Å². The monoisotopic (exact) mass is 398 g/mol. The van der Waals surface area contributed by atoms with Crippen LogP contribution in [0, 0.1) is 13.8 Å². The van der Waals surface area contributed by atoms with Crippen LogP contribution >= 0.6 is 15.9 Å². The molecule has 0 bridgehead atoms. The molecule has 6 heteroatoms. The number of urea groups is 1. The topological polar surface area (TPSA) is 66.9 Å². The Morgan fingerprint density at radius 2 is 1.80 bits per heavy atom. The van der Waals surface area contributed by atoms with E-state index in [1.54, 1.807) is 0 Å². The van der Waals surface area contributed by atoms with E-state index in [1.165, 1.54) is 5.56 Å². The number of benzene rings is 2. The van der Waals surface area contributed by atoms with Gasteiger partial charge in [0.1, 0.15) is 0 Å². The summed E-state index contributed by atoms with van der Waals surface area (Å²) in [4.78, 5) is 21.1. The van der Waals surface area contributed by atoms with Gasteiger partial charge >= 0.3 is 6.03 Å². The molecule has 0 atom stereocenters. The second kappa shape index (κ2) is 7.61. The maximum absolute atomic E-state index is 12.1. The minimum atomic E-state index is -0.230. The highest BCUT2D eigenvalue weighted by Crippen LogP contribution is 2.17. The van der Waals surface area contributed by atoms with E-state index >= 15 is 0 Å². The van der Waals surface area contributed by atoms with E-state index in [0.717, 1.165) is 33.3 Å². The number of carbonyl (C=O) groups excluding carboxylic acids is 1. The fraction of sp³-hybridized carbons (Fsp3) is 0.211. The number of amides is 2. The van der Waals surface area contributed by atoms with Crippen molar-refractivity contribution in [3.8, 4) is 0 Å². The van der Waals surface area contributed by atoms with Crippen LogP contribution in [0.2, 0.25) is 0 Å². The van der Waals surface area contributed by atoms with Gasteiger partial charge < -0.3 is 10.6 Å². The first-order valence-electron chi connectivity index (χ1n) is 8.05. The van der Waals surface area contributed by atoms with Crippen LogP contribution in [0.25, 0.3) is 11.0 Å². The van der Waals surface area contributed by atoms with Gasteiger partial charge in [0.15, 0.2) is 0 Å². The largest absolute Gasteiger partial charge is 0.338 e. The highest BCUT2D eigenvalue weighted by Gasteiger charge is 2.05. The zero-order valence-corrected chi connectivity index (χ0v) is 15.7.